The Balaban J connectivity index is 1.41. The molecule has 2 aliphatic heterocycles. The molecule has 2 aromatic rings. The molecule has 152 valence electrons. The van der Waals surface area contributed by atoms with Crippen molar-refractivity contribution in [3.63, 3.8) is 0 Å². The minimum atomic E-state index is -0.00710. The van der Waals surface area contributed by atoms with Crippen molar-refractivity contribution in [1.82, 2.24) is 14.8 Å². The molecule has 2 amide bonds. The van der Waals surface area contributed by atoms with Gasteiger partial charge in [-0.2, -0.15) is 0 Å². The lowest BCUT2D eigenvalue weighted by atomic mass is 9.99. The summed E-state index contributed by atoms with van der Waals surface area (Å²) >= 11 is 0. The van der Waals surface area contributed by atoms with Crippen molar-refractivity contribution in [2.75, 3.05) is 44.2 Å². The largest absolute Gasteiger partial charge is 0.353 e. The Morgan fingerprint density at radius 1 is 0.897 bits per heavy atom. The third kappa shape index (κ3) is 4.42. The van der Waals surface area contributed by atoms with Gasteiger partial charge in [-0.25, -0.2) is 4.98 Å². The van der Waals surface area contributed by atoms with Crippen LogP contribution in [-0.2, 0) is 0 Å². The molecular formula is C23H28N4O2. The molecule has 0 bridgehead atoms. The van der Waals surface area contributed by atoms with E-state index in [4.69, 9.17) is 0 Å². The lowest BCUT2D eigenvalue weighted by molar-refractivity contribution is 0.0683. The summed E-state index contributed by atoms with van der Waals surface area (Å²) < 4.78 is 0. The highest BCUT2D eigenvalue weighted by Gasteiger charge is 2.25. The summed E-state index contributed by atoms with van der Waals surface area (Å²) in [6.45, 7) is 6.60. The number of hydrogen-bond donors (Lipinski definition) is 0. The van der Waals surface area contributed by atoms with Crippen LogP contribution in [0.1, 0.15) is 40.5 Å². The van der Waals surface area contributed by atoms with E-state index < -0.39 is 0 Å². The van der Waals surface area contributed by atoms with Gasteiger partial charge in [-0.1, -0.05) is 19.1 Å². The molecule has 0 aliphatic carbocycles. The van der Waals surface area contributed by atoms with Gasteiger partial charge < -0.3 is 14.7 Å². The molecule has 3 heterocycles. The van der Waals surface area contributed by atoms with Crippen molar-refractivity contribution < 1.29 is 9.59 Å². The third-order valence-corrected chi connectivity index (χ3v) is 5.84. The number of piperidine rings is 1. The molecule has 2 aliphatic rings. The first-order chi connectivity index (χ1) is 14.1. The Morgan fingerprint density at radius 3 is 2.28 bits per heavy atom. The van der Waals surface area contributed by atoms with E-state index in [1.165, 1.54) is 6.42 Å². The van der Waals surface area contributed by atoms with E-state index in [9.17, 15) is 9.59 Å². The predicted octanol–water partition coefficient (Wildman–Crippen LogP) is 2.92. The van der Waals surface area contributed by atoms with Crippen LogP contribution in [0.4, 0.5) is 5.82 Å². The summed E-state index contributed by atoms with van der Waals surface area (Å²) in [6, 6.07) is 13.1. The molecule has 6 nitrogen and oxygen atoms in total. The highest BCUT2D eigenvalue weighted by molar-refractivity contribution is 5.99. The highest BCUT2D eigenvalue weighted by Crippen LogP contribution is 2.19. The van der Waals surface area contributed by atoms with Crippen molar-refractivity contribution in [2.45, 2.75) is 19.8 Å². The normalized spacial score (nSPS) is 19.9. The molecule has 0 N–H and O–H groups in total. The molecule has 29 heavy (non-hydrogen) atoms. The van der Waals surface area contributed by atoms with Crippen LogP contribution in [0.15, 0.2) is 48.7 Å². The Bertz CT molecular complexity index is 862. The second-order valence-corrected chi connectivity index (χ2v) is 8.05. The van der Waals surface area contributed by atoms with Gasteiger partial charge in [0.25, 0.3) is 11.8 Å². The van der Waals surface area contributed by atoms with Gasteiger partial charge in [-0.3, -0.25) is 9.59 Å². The van der Waals surface area contributed by atoms with Gasteiger partial charge in [0.2, 0.25) is 0 Å². The number of piperazine rings is 1. The predicted molar refractivity (Wildman–Crippen MR) is 113 cm³/mol. The first kappa shape index (κ1) is 19.4. The van der Waals surface area contributed by atoms with Crippen molar-refractivity contribution in [3.05, 3.63) is 59.8 Å². The first-order valence-electron chi connectivity index (χ1n) is 10.5. The fraction of sp³-hybridized carbons (Fsp3) is 0.435. The monoisotopic (exact) mass is 392 g/mol. The molecule has 1 aromatic heterocycles. The molecular weight excluding hydrogens is 364 g/mol. The third-order valence-electron chi connectivity index (χ3n) is 5.84. The van der Waals surface area contributed by atoms with E-state index in [0.29, 0.717) is 30.1 Å². The molecule has 6 heteroatoms. The number of likely N-dealkylation sites (tertiary alicyclic amines) is 1. The van der Waals surface area contributed by atoms with E-state index in [-0.39, 0.29) is 11.8 Å². The average Bonchev–Trinajstić information content (AvgIpc) is 2.79. The van der Waals surface area contributed by atoms with E-state index in [1.54, 1.807) is 12.3 Å². The van der Waals surface area contributed by atoms with Crippen LogP contribution in [0.5, 0.6) is 0 Å². The molecule has 1 aromatic carbocycles. The quantitative estimate of drug-likeness (QED) is 0.806. The molecule has 4 rings (SSSR count). The van der Waals surface area contributed by atoms with Gasteiger partial charge in [0.05, 0.1) is 0 Å². The maximum Gasteiger partial charge on any atom is 0.253 e. The minimum Gasteiger partial charge on any atom is -0.353 e. The van der Waals surface area contributed by atoms with Crippen LogP contribution >= 0.6 is 0 Å². The summed E-state index contributed by atoms with van der Waals surface area (Å²) in [5, 5.41) is 0. The summed E-state index contributed by atoms with van der Waals surface area (Å²) in [5.74, 6) is 1.51. The molecule has 1 unspecified atom stereocenters. The number of anilines is 1. The smallest absolute Gasteiger partial charge is 0.253 e. The van der Waals surface area contributed by atoms with Crippen LogP contribution in [-0.4, -0.2) is 65.9 Å². The van der Waals surface area contributed by atoms with Gasteiger partial charge in [0.1, 0.15) is 5.82 Å². The van der Waals surface area contributed by atoms with Crippen molar-refractivity contribution >= 4 is 17.6 Å². The van der Waals surface area contributed by atoms with Gasteiger partial charge in [0.15, 0.2) is 0 Å². The SMILES string of the molecule is CC1CCCN(C(=O)c2cccc(C(=O)N3CCN(c4ccccn4)CC3)c2)C1. The van der Waals surface area contributed by atoms with Crippen molar-refractivity contribution in [2.24, 2.45) is 5.92 Å². The zero-order valence-electron chi connectivity index (χ0n) is 17.0. The lowest BCUT2D eigenvalue weighted by Crippen LogP contribution is -2.49. The van der Waals surface area contributed by atoms with E-state index in [0.717, 1.165) is 38.4 Å². The summed E-state index contributed by atoms with van der Waals surface area (Å²) in [4.78, 5) is 36.3. The maximum atomic E-state index is 13.0. The highest BCUT2D eigenvalue weighted by atomic mass is 16.2. The number of carbonyl (C=O) groups excluding carboxylic acids is 2. The number of benzene rings is 1. The van der Waals surface area contributed by atoms with Gasteiger partial charge in [-0.15, -0.1) is 0 Å². The Labute approximate surface area is 172 Å². The molecule has 0 spiro atoms. The molecule has 2 fully saturated rings. The average molecular weight is 393 g/mol. The Kier molecular flexibility index (Phi) is 5.79. The fourth-order valence-corrected chi connectivity index (χ4v) is 4.20. The van der Waals surface area contributed by atoms with Gasteiger partial charge >= 0.3 is 0 Å². The van der Waals surface area contributed by atoms with Crippen molar-refractivity contribution in [3.8, 4) is 0 Å². The topological polar surface area (TPSA) is 56.8 Å². The van der Waals surface area contributed by atoms with Gasteiger partial charge in [-0.05, 0) is 49.1 Å². The summed E-state index contributed by atoms with van der Waals surface area (Å²) in [5.41, 5.74) is 1.20. The molecule has 0 saturated carbocycles. The molecule has 1 atom stereocenters. The second-order valence-electron chi connectivity index (χ2n) is 8.05. The van der Waals surface area contributed by atoms with Crippen molar-refractivity contribution in [1.29, 1.82) is 0 Å². The Morgan fingerprint density at radius 2 is 1.62 bits per heavy atom. The minimum absolute atomic E-state index is 0.00710. The fourth-order valence-electron chi connectivity index (χ4n) is 4.20. The number of aromatic nitrogens is 1. The first-order valence-corrected chi connectivity index (χ1v) is 10.5. The summed E-state index contributed by atoms with van der Waals surface area (Å²) in [6.07, 6.45) is 4.01. The standard InChI is InChI=1S/C23H28N4O2/c1-18-6-5-11-27(17-18)23(29)20-8-4-7-19(16-20)22(28)26-14-12-25(13-15-26)21-9-2-3-10-24-21/h2-4,7-10,16,18H,5-6,11-15,17H2,1H3. The van der Waals surface area contributed by atoms with Crippen LogP contribution in [0, 0.1) is 5.92 Å². The maximum absolute atomic E-state index is 13.0. The second kappa shape index (κ2) is 8.64. The number of hydrogen-bond acceptors (Lipinski definition) is 4. The number of nitrogens with zero attached hydrogens (tertiary/aromatic N) is 4. The van der Waals surface area contributed by atoms with Crippen LogP contribution in [0.25, 0.3) is 0 Å². The zero-order valence-corrected chi connectivity index (χ0v) is 17.0. The van der Waals surface area contributed by atoms with E-state index in [2.05, 4.69) is 16.8 Å². The lowest BCUT2D eigenvalue weighted by Gasteiger charge is -2.35. The molecule has 0 radical (unpaired) electrons. The molecule has 2 saturated heterocycles. The number of rotatable bonds is 3. The van der Waals surface area contributed by atoms with E-state index >= 15 is 0 Å². The summed E-state index contributed by atoms with van der Waals surface area (Å²) in [7, 11) is 0. The van der Waals surface area contributed by atoms with Crippen LogP contribution in [0.2, 0.25) is 0 Å². The zero-order chi connectivity index (χ0) is 20.2. The van der Waals surface area contributed by atoms with Gasteiger partial charge in [0, 0.05) is 56.6 Å². The van der Waals surface area contributed by atoms with E-state index in [1.807, 2.05) is 46.2 Å². The number of carbonyl (C=O) groups is 2. The van der Waals surface area contributed by atoms with Crippen LogP contribution in [0.3, 0.4) is 0 Å². The number of pyridine rings is 1. The van der Waals surface area contributed by atoms with Crippen LogP contribution < -0.4 is 4.90 Å². The Hall–Kier alpha value is -2.89. The number of amides is 2.